The number of likely N-dealkylation sites (tertiary alicyclic amines) is 1. The average Bonchev–Trinajstić information content (AvgIpc) is 3.52. The summed E-state index contributed by atoms with van der Waals surface area (Å²) in [7, 11) is 0. The molecular weight excluding hydrogens is 466 g/mol. The molecule has 5 rings (SSSR count). The van der Waals surface area contributed by atoms with Crippen LogP contribution in [0.2, 0.25) is 0 Å². The molecule has 2 aliphatic rings. The van der Waals surface area contributed by atoms with E-state index in [2.05, 4.69) is 46.5 Å². The van der Waals surface area contributed by atoms with Crippen molar-refractivity contribution in [2.45, 2.75) is 45.1 Å². The molecule has 3 aromatic rings. The maximum atomic E-state index is 12.6. The normalized spacial score (nSPS) is 17.6. The Labute approximate surface area is 218 Å². The molecule has 0 bridgehead atoms. The van der Waals surface area contributed by atoms with Gasteiger partial charge in [0.15, 0.2) is 0 Å². The van der Waals surface area contributed by atoms with Gasteiger partial charge >= 0.3 is 6.03 Å². The lowest BCUT2D eigenvalue weighted by Crippen LogP contribution is -2.39. The topological polar surface area (TPSA) is 86.8 Å². The predicted molar refractivity (Wildman–Crippen MR) is 146 cm³/mol. The van der Waals surface area contributed by atoms with Crippen LogP contribution in [0.5, 0.6) is 5.75 Å². The zero-order chi connectivity index (χ0) is 25.8. The smallest absolute Gasteiger partial charge is 0.319 e. The van der Waals surface area contributed by atoms with Crippen LogP contribution in [0.3, 0.4) is 0 Å². The van der Waals surface area contributed by atoms with E-state index in [1.54, 1.807) is 0 Å². The number of aromatic nitrogens is 1. The number of rotatable bonds is 8. The van der Waals surface area contributed by atoms with Gasteiger partial charge in [-0.15, -0.1) is 0 Å². The minimum atomic E-state index is -0.179. The molecular formula is C29H35N5O3. The zero-order valence-corrected chi connectivity index (χ0v) is 21.6. The third-order valence-corrected chi connectivity index (χ3v) is 7.19. The molecule has 2 aromatic carbocycles. The van der Waals surface area contributed by atoms with E-state index in [0.717, 1.165) is 60.5 Å². The van der Waals surface area contributed by atoms with Gasteiger partial charge in [0.05, 0.1) is 12.1 Å². The highest BCUT2D eigenvalue weighted by Gasteiger charge is 2.25. The Morgan fingerprint density at radius 2 is 1.97 bits per heavy atom. The number of nitrogens with zero attached hydrogens (tertiary/aromatic N) is 3. The summed E-state index contributed by atoms with van der Waals surface area (Å²) in [6.45, 7) is 7.81. The number of urea groups is 1. The van der Waals surface area contributed by atoms with Crippen LogP contribution in [0.4, 0.5) is 16.2 Å². The van der Waals surface area contributed by atoms with E-state index < -0.39 is 0 Å². The number of amides is 3. The molecule has 3 heterocycles. The third-order valence-electron chi connectivity index (χ3n) is 7.19. The number of hydrogen-bond acceptors (Lipinski definition) is 5. The molecule has 1 aromatic heterocycles. The molecule has 8 nitrogen and oxygen atoms in total. The number of ether oxygens (including phenoxy) is 1. The summed E-state index contributed by atoms with van der Waals surface area (Å²) < 4.78 is 5.92. The van der Waals surface area contributed by atoms with Gasteiger partial charge in [0.25, 0.3) is 0 Å². The number of nitrogens with one attached hydrogen (secondary N) is 2. The Hall–Kier alpha value is -3.81. The van der Waals surface area contributed by atoms with Gasteiger partial charge in [-0.25, -0.2) is 4.79 Å². The van der Waals surface area contributed by atoms with Crippen LogP contribution < -0.4 is 20.3 Å². The van der Waals surface area contributed by atoms with Crippen molar-refractivity contribution in [3.63, 3.8) is 0 Å². The van der Waals surface area contributed by atoms with Gasteiger partial charge in [-0.3, -0.25) is 9.78 Å². The molecule has 0 aliphatic carbocycles. The first-order chi connectivity index (χ1) is 18.0. The first kappa shape index (κ1) is 24.9. The van der Waals surface area contributed by atoms with E-state index >= 15 is 0 Å². The molecule has 2 N–H and O–H groups in total. The summed E-state index contributed by atoms with van der Waals surface area (Å²) in [5, 5.41) is 7.12. The number of carbonyl (C=O) groups is 2. The van der Waals surface area contributed by atoms with Crippen LogP contribution in [-0.2, 0) is 4.79 Å². The van der Waals surface area contributed by atoms with Gasteiger partial charge in [0.1, 0.15) is 12.4 Å². The lowest BCUT2D eigenvalue weighted by molar-refractivity contribution is -0.128. The summed E-state index contributed by atoms with van der Waals surface area (Å²) in [6.07, 6.45) is 4.27. The Bertz CT molecular complexity index is 1260. The molecule has 2 fully saturated rings. The number of pyridine rings is 1. The molecule has 0 saturated carbocycles. The van der Waals surface area contributed by atoms with Gasteiger partial charge < -0.3 is 25.2 Å². The van der Waals surface area contributed by atoms with Crippen molar-refractivity contribution in [2.75, 3.05) is 43.0 Å². The van der Waals surface area contributed by atoms with Crippen molar-refractivity contribution in [1.82, 2.24) is 15.2 Å². The molecule has 37 heavy (non-hydrogen) atoms. The first-order valence-electron chi connectivity index (χ1n) is 13.2. The van der Waals surface area contributed by atoms with Gasteiger partial charge in [-0.05, 0) is 54.7 Å². The number of benzene rings is 2. The van der Waals surface area contributed by atoms with Gasteiger partial charge in [-0.2, -0.15) is 0 Å². The van der Waals surface area contributed by atoms with Gasteiger partial charge in [0.2, 0.25) is 5.91 Å². The summed E-state index contributed by atoms with van der Waals surface area (Å²) in [5.41, 5.74) is 4.01. The Balaban J connectivity index is 1.16. The number of fused-ring (bicyclic) bond motifs is 1. The largest absolute Gasteiger partial charge is 0.492 e. The molecule has 2 aliphatic heterocycles. The third kappa shape index (κ3) is 5.96. The van der Waals surface area contributed by atoms with Crippen LogP contribution in [-0.4, -0.2) is 60.6 Å². The second kappa shape index (κ2) is 11.1. The van der Waals surface area contributed by atoms with Gasteiger partial charge in [0, 0.05) is 61.1 Å². The summed E-state index contributed by atoms with van der Waals surface area (Å²) in [4.78, 5) is 33.1. The summed E-state index contributed by atoms with van der Waals surface area (Å²) in [6, 6.07) is 15.9. The maximum absolute atomic E-state index is 12.6. The molecule has 194 valence electrons. The number of anilines is 2. The van der Waals surface area contributed by atoms with Crippen LogP contribution in [0.25, 0.3) is 10.9 Å². The number of carbonyl (C=O) groups excluding carboxylic acids is 2. The van der Waals surface area contributed by atoms with Crippen molar-refractivity contribution in [2.24, 2.45) is 0 Å². The van der Waals surface area contributed by atoms with Crippen molar-refractivity contribution in [3.8, 4) is 5.75 Å². The highest BCUT2D eigenvalue weighted by Crippen LogP contribution is 2.30. The van der Waals surface area contributed by atoms with Crippen LogP contribution in [0, 0.1) is 0 Å². The Morgan fingerprint density at radius 3 is 2.73 bits per heavy atom. The van der Waals surface area contributed by atoms with Crippen molar-refractivity contribution in [3.05, 3.63) is 60.3 Å². The first-order valence-corrected chi connectivity index (χ1v) is 13.2. The Morgan fingerprint density at radius 1 is 1.14 bits per heavy atom. The van der Waals surface area contributed by atoms with Gasteiger partial charge in [-0.1, -0.05) is 26.0 Å². The average molecular weight is 502 g/mol. The quantitative estimate of drug-likeness (QED) is 0.465. The zero-order valence-electron chi connectivity index (χ0n) is 21.6. The maximum Gasteiger partial charge on any atom is 0.319 e. The molecule has 0 spiro atoms. The van der Waals surface area contributed by atoms with Crippen LogP contribution in [0.15, 0.2) is 54.7 Å². The van der Waals surface area contributed by atoms with E-state index in [9.17, 15) is 9.59 Å². The monoisotopic (exact) mass is 501 g/mol. The second-order valence-electron chi connectivity index (χ2n) is 10.1. The standard InChI is InChI=1S/C29H35N5O3/c1-20(2)21-5-7-22(8-6-21)31-29(36)32-23-12-15-34(19-23)27-11-13-30-26-18-24(9-10-25(26)27)37-17-16-33-14-3-4-28(33)35/h5-11,13,18,20,23H,3-4,12,14-17,19H2,1-2H3,(H2,31,32,36). The van der Waals surface area contributed by atoms with E-state index in [0.29, 0.717) is 25.5 Å². The lowest BCUT2D eigenvalue weighted by Gasteiger charge is -2.21. The van der Waals surface area contributed by atoms with E-state index in [1.807, 2.05) is 47.5 Å². The van der Waals surface area contributed by atoms with Crippen LogP contribution in [0.1, 0.15) is 44.6 Å². The summed E-state index contributed by atoms with van der Waals surface area (Å²) >= 11 is 0. The van der Waals surface area contributed by atoms with E-state index in [-0.39, 0.29) is 18.0 Å². The fourth-order valence-corrected chi connectivity index (χ4v) is 5.09. The van der Waals surface area contributed by atoms with Crippen molar-refractivity contribution >= 4 is 34.2 Å². The van der Waals surface area contributed by atoms with E-state index in [4.69, 9.17) is 4.74 Å². The minimum absolute atomic E-state index is 0.0639. The minimum Gasteiger partial charge on any atom is -0.492 e. The predicted octanol–water partition coefficient (Wildman–Crippen LogP) is 4.76. The van der Waals surface area contributed by atoms with Crippen LogP contribution >= 0.6 is 0 Å². The Kier molecular flexibility index (Phi) is 7.44. The molecule has 8 heteroatoms. The second-order valence-corrected chi connectivity index (χ2v) is 10.1. The molecule has 1 atom stereocenters. The SMILES string of the molecule is CC(C)c1ccc(NC(=O)NC2CCN(c3ccnc4cc(OCCN5CCCC5=O)ccc34)C2)cc1. The van der Waals surface area contributed by atoms with E-state index in [1.165, 1.54) is 5.56 Å². The highest BCUT2D eigenvalue weighted by atomic mass is 16.5. The van der Waals surface area contributed by atoms with Crippen molar-refractivity contribution < 1.29 is 14.3 Å². The fraction of sp³-hybridized carbons (Fsp3) is 0.414. The number of hydrogen-bond donors (Lipinski definition) is 2. The molecule has 2 saturated heterocycles. The lowest BCUT2D eigenvalue weighted by atomic mass is 10.0. The molecule has 1 unspecified atom stereocenters. The molecule has 0 radical (unpaired) electrons. The molecule has 3 amide bonds. The highest BCUT2D eigenvalue weighted by molar-refractivity contribution is 5.93. The fourth-order valence-electron chi connectivity index (χ4n) is 5.09. The van der Waals surface area contributed by atoms with Crippen molar-refractivity contribution in [1.29, 1.82) is 0 Å². The summed E-state index contributed by atoms with van der Waals surface area (Å²) in [5.74, 6) is 1.43.